The minimum absolute atomic E-state index is 0.275. The van der Waals surface area contributed by atoms with E-state index in [0.717, 1.165) is 17.3 Å². The molecule has 1 aromatic heterocycles. The number of carbonyl (C=O) groups is 1. The van der Waals surface area contributed by atoms with Crippen molar-refractivity contribution in [1.82, 2.24) is 4.98 Å². The number of benzene rings is 2. The van der Waals surface area contributed by atoms with Gasteiger partial charge in [0.25, 0.3) is 0 Å². The molecule has 3 aromatic rings. The Morgan fingerprint density at radius 1 is 1.03 bits per heavy atom. The Labute approximate surface area is 190 Å². The van der Waals surface area contributed by atoms with E-state index in [4.69, 9.17) is 14.2 Å². The monoisotopic (exact) mass is 450 g/mol. The van der Waals surface area contributed by atoms with Crippen LogP contribution in [-0.4, -0.2) is 42.6 Å². The van der Waals surface area contributed by atoms with Crippen LogP contribution in [0, 0.1) is 11.3 Å². The third-order valence-corrected chi connectivity index (χ3v) is 5.85. The third-order valence-electron chi connectivity index (χ3n) is 4.78. The second-order valence-corrected chi connectivity index (χ2v) is 8.05. The number of hydrogen-bond acceptors (Lipinski definition) is 7. The fourth-order valence-corrected chi connectivity index (χ4v) is 4.01. The van der Waals surface area contributed by atoms with Gasteiger partial charge in [0.15, 0.2) is 11.5 Å². The predicted octanol–water partition coefficient (Wildman–Crippen LogP) is 4.88. The number of ether oxygens (including phenoxy) is 3. The van der Waals surface area contributed by atoms with Crippen molar-refractivity contribution < 1.29 is 24.1 Å². The van der Waals surface area contributed by atoms with E-state index in [0.29, 0.717) is 39.1 Å². The lowest BCUT2D eigenvalue weighted by Gasteiger charge is -2.17. The van der Waals surface area contributed by atoms with Crippen LogP contribution in [0.4, 0.5) is 0 Å². The van der Waals surface area contributed by atoms with Crippen LogP contribution < -0.4 is 14.2 Å². The quantitative estimate of drug-likeness (QED) is 0.485. The Bertz CT molecular complexity index is 1150. The second-order valence-electron chi connectivity index (χ2n) is 6.73. The molecule has 1 N–H and O–H groups in total. The number of carboxylic acids is 1. The summed E-state index contributed by atoms with van der Waals surface area (Å²) in [4.78, 5) is 16.1. The molecule has 3 rings (SSSR count). The summed E-state index contributed by atoms with van der Waals surface area (Å²) < 4.78 is 16.3. The number of carboxylic acid groups (broad SMARTS) is 1. The highest BCUT2D eigenvalue weighted by molar-refractivity contribution is 8.00. The van der Waals surface area contributed by atoms with Crippen LogP contribution in [0.3, 0.4) is 0 Å². The van der Waals surface area contributed by atoms with Crippen LogP contribution in [-0.2, 0) is 4.79 Å². The van der Waals surface area contributed by atoms with Gasteiger partial charge in [0, 0.05) is 11.1 Å². The average molecular weight is 451 g/mol. The number of aliphatic carboxylic acids is 1. The summed E-state index contributed by atoms with van der Waals surface area (Å²) in [5.41, 5.74) is 2.97. The van der Waals surface area contributed by atoms with E-state index in [9.17, 15) is 15.2 Å². The molecule has 1 heterocycles. The van der Waals surface area contributed by atoms with Gasteiger partial charge < -0.3 is 19.3 Å². The van der Waals surface area contributed by atoms with Crippen molar-refractivity contribution in [2.24, 2.45) is 0 Å². The molecule has 7 nitrogen and oxygen atoms in total. The molecule has 0 fully saturated rings. The third kappa shape index (κ3) is 4.63. The van der Waals surface area contributed by atoms with Crippen molar-refractivity contribution in [2.45, 2.75) is 17.2 Å². The summed E-state index contributed by atoms with van der Waals surface area (Å²) in [6.45, 7) is 1.56. The number of pyridine rings is 1. The summed E-state index contributed by atoms with van der Waals surface area (Å²) in [7, 11) is 4.55. The maximum absolute atomic E-state index is 11.5. The van der Waals surface area contributed by atoms with E-state index in [2.05, 4.69) is 11.1 Å². The fourth-order valence-electron chi connectivity index (χ4n) is 3.15. The van der Waals surface area contributed by atoms with Gasteiger partial charge in [-0.2, -0.15) is 5.26 Å². The second kappa shape index (κ2) is 10.1. The predicted molar refractivity (Wildman–Crippen MR) is 122 cm³/mol. The molecule has 1 atom stereocenters. The van der Waals surface area contributed by atoms with Gasteiger partial charge in [-0.1, -0.05) is 42.1 Å². The lowest BCUT2D eigenvalue weighted by Crippen LogP contribution is -2.12. The molecule has 0 saturated heterocycles. The normalized spacial score (nSPS) is 11.3. The minimum Gasteiger partial charge on any atom is -0.493 e. The number of methoxy groups -OCH3 is 3. The highest BCUT2D eigenvalue weighted by Gasteiger charge is 2.22. The van der Waals surface area contributed by atoms with E-state index in [1.54, 1.807) is 19.1 Å². The van der Waals surface area contributed by atoms with Crippen molar-refractivity contribution in [1.29, 1.82) is 5.26 Å². The number of aromatic nitrogens is 1. The van der Waals surface area contributed by atoms with E-state index >= 15 is 0 Å². The molecule has 2 aromatic carbocycles. The number of nitriles is 1. The molecule has 0 aliphatic rings. The molecule has 1 unspecified atom stereocenters. The van der Waals surface area contributed by atoms with Crippen molar-refractivity contribution in [3.05, 3.63) is 54.1 Å². The van der Waals surface area contributed by atoms with Gasteiger partial charge in [0.05, 0.1) is 32.6 Å². The first-order valence-electron chi connectivity index (χ1n) is 9.63. The average Bonchev–Trinajstić information content (AvgIpc) is 2.82. The van der Waals surface area contributed by atoms with E-state index in [1.165, 1.54) is 21.3 Å². The van der Waals surface area contributed by atoms with Crippen molar-refractivity contribution in [2.75, 3.05) is 21.3 Å². The maximum atomic E-state index is 11.5. The molecule has 0 spiro atoms. The van der Waals surface area contributed by atoms with Crippen LogP contribution >= 0.6 is 11.8 Å². The zero-order valence-corrected chi connectivity index (χ0v) is 18.9. The SMILES string of the molecule is COc1cc(-c2cc(-c3ccccc3)nc(SC(C)C(=O)O)c2C#N)cc(OC)c1OC. The van der Waals surface area contributed by atoms with Crippen LogP contribution in [0.15, 0.2) is 53.6 Å². The minimum atomic E-state index is -0.986. The van der Waals surface area contributed by atoms with Gasteiger partial charge >= 0.3 is 5.97 Å². The number of nitrogens with zero attached hydrogens (tertiary/aromatic N) is 2. The fraction of sp³-hybridized carbons (Fsp3) is 0.208. The lowest BCUT2D eigenvalue weighted by atomic mass is 9.98. The van der Waals surface area contributed by atoms with E-state index in [-0.39, 0.29) is 5.56 Å². The van der Waals surface area contributed by atoms with Gasteiger partial charge in [0.1, 0.15) is 16.3 Å². The van der Waals surface area contributed by atoms with Crippen molar-refractivity contribution in [3.63, 3.8) is 0 Å². The molecule has 0 saturated carbocycles. The Kier molecular flexibility index (Phi) is 7.23. The number of thioether (sulfide) groups is 1. The molecule has 0 bridgehead atoms. The smallest absolute Gasteiger partial charge is 0.316 e. The zero-order chi connectivity index (χ0) is 23.3. The topological polar surface area (TPSA) is 102 Å². The molecular weight excluding hydrogens is 428 g/mol. The van der Waals surface area contributed by atoms with Crippen LogP contribution in [0.5, 0.6) is 17.2 Å². The van der Waals surface area contributed by atoms with Crippen LogP contribution in [0.25, 0.3) is 22.4 Å². The summed E-state index contributed by atoms with van der Waals surface area (Å²) in [5.74, 6) is 0.331. The number of rotatable bonds is 8. The van der Waals surface area contributed by atoms with Crippen LogP contribution in [0.1, 0.15) is 12.5 Å². The van der Waals surface area contributed by atoms with Gasteiger partial charge in [-0.15, -0.1) is 0 Å². The van der Waals surface area contributed by atoms with Gasteiger partial charge in [-0.25, -0.2) is 4.98 Å². The Morgan fingerprint density at radius 2 is 1.66 bits per heavy atom. The molecule has 0 aliphatic carbocycles. The summed E-state index contributed by atoms with van der Waals surface area (Å²) in [6, 6.07) is 17.0. The van der Waals surface area contributed by atoms with Gasteiger partial charge in [0.2, 0.25) is 5.75 Å². The summed E-state index contributed by atoms with van der Waals surface area (Å²) in [6.07, 6.45) is 0. The summed E-state index contributed by atoms with van der Waals surface area (Å²) >= 11 is 1.03. The molecule has 0 radical (unpaired) electrons. The van der Waals surface area contributed by atoms with E-state index in [1.807, 2.05) is 36.4 Å². The molecule has 0 aliphatic heterocycles. The first kappa shape index (κ1) is 23.0. The molecule has 8 heteroatoms. The molecule has 0 amide bonds. The number of hydrogen-bond donors (Lipinski definition) is 1. The van der Waals surface area contributed by atoms with Crippen molar-refractivity contribution >= 4 is 17.7 Å². The standard InChI is InChI=1S/C24H22N2O5S/c1-14(24(27)28)32-23-18(13-25)17(12-19(26-23)15-8-6-5-7-9-15)16-10-20(29-2)22(31-4)21(11-16)30-3/h5-12,14H,1-4H3,(H,27,28). The van der Waals surface area contributed by atoms with Crippen molar-refractivity contribution in [3.8, 4) is 45.7 Å². The largest absolute Gasteiger partial charge is 0.493 e. The van der Waals surface area contributed by atoms with Gasteiger partial charge in [-0.05, 0) is 30.7 Å². The molecule has 164 valence electrons. The zero-order valence-electron chi connectivity index (χ0n) is 18.1. The molecule has 32 heavy (non-hydrogen) atoms. The van der Waals surface area contributed by atoms with Crippen LogP contribution in [0.2, 0.25) is 0 Å². The van der Waals surface area contributed by atoms with E-state index < -0.39 is 11.2 Å². The highest BCUT2D eigenvalue weighted by atomic mass is 32.2. The summed E-state index contributed by atoms with van der Waals surface area (Å²) in [5, 5.41) is 18.9. The Hall–Kier alpha value is -3.70. The first-order valence-corrected chi connectivity index (χ1v) is 10.5. The lowest BCUT2D eigenvalue weighted by molar-refractivity contribution is -0.136. The highest BCUT2D eigenvalue weighted by Crippen LogP contribution is 2.43. The maximum Gasteiger partial charge on any atom is 0.316 e. The molecular formula is C24H22N2O5S. The Balaban J connectivity index is 2.31. The Morgan fingerprint density at radius 3 is 2.16 bits per heavy atom. The van der Waals surface area contributed by atoms with Gasteiger partial charge in [-0.3, -0.25) is 4.79 Å². The first-order chi connectivity index (χ1) is 15.4.